The number of nitrogens with two attached hydrogens (primary N) is 1. The van der Waals surface area contributed by atoms with E-state index in [4.69, 9.17) is 10.8 Å². The molecule has 0 bridgehead atoms. The Kier molecular flexibility index (Phi) is 5.54. The molecular weight excluding hydrogens is 308 g/mol. The molecule has 0 aliphatic heterocycles. The van der Waals surface area contributed by atoms with E-state index in [-0.39, 0.29) is 5.54 Å². The minimum atomic E-state index is -0.0462. The summed E-state index contributed by atoms with van der Waals surface area (Å²) in [5.41, 5.74) is 6.78. The van der Waals surface area contributed by atoms with Crippen molar-refractivity contribution in [3.8, 4) is 0 Å². The monoisotopic (exact) mass is 336 g/mol. The van der Waals surface area contributed by atoms with E-state index in [0.29, 0.717) is 5.82 Å². The minimum Gasteiger partial charge on any atom is -0.326 e. The molecule has 0 saturated heterocycles. The van der Waals surface area contributed by atoms with Gasteiger partial charge in [0.1, 0.15) is 11.3 Å². The lowest BCUT2D eigenvalue weighted by Crippen LogP contribution is -2.39. The smallest absolute Gasteiger partial charge is 0.168 e. The number of aryl methyl sites for hydroxylation is 3. The number of aromatic nitrogens is 3. The summed E-state index contributed by atoms with van der Waals surface area (Å²) in [6, 6.07) is 0. The SMILES string of the molecule is CCCc1nc2c(NN)nc(C)c(C)c2n1CC(C)(C)NSC. The molecule has 2 aromatic rings. The number of nitrogens with zero attached hydrogens (tertiary/aromatic N) is 3. The van der Waals surface area contributed by atoms with Gasteiger partial charge in [-0.05, 0) is 45.9 Å². The predicted molar refractivity (Wildman–Crippen MR) is 99.5 cm³/mol. The molecule has 0 spiro atoms. The average molecular weight is 337 g/mol. The van der Waals surface area contributed by atoms with Gasteiger partial charge in [0.2, 0.25) is 0 Å². The Bertz CT molecular complexity index is 692. The van der Waals surface area contributed by atoms with Crippen molar-refractivity contribution < 1.29 is 0 Å². The van der Waals surface area contributed by atoms with Gasteiger partial charge >= 0.3 is 0 Å². The number of pyridine rings is 1. The van der Waals surface area contributed by atoms with E-state index < -0.39 is 0 Å². The number of hydrazine groups is 1. The third-order valence-electron chi connectivity index (χ3n) is 3.99. The van der Waals surface area contributed by atoms with E-state index in [1.165, 1.54) is 0 Å². The van der Waals surface area contributed by atoms with Gasteiger partial charge in [-0.3, -0.25) is 4.72 Å². The molecular formula is C16H28N6S. The molecule has 2 aromatic heterocycles. The van der Waals surface area contributed by atoms with Gasteiger partial charge < -0.3 is 9.99 Å². The fourth-order valence-electron chi connectivity index (χ4n) is 2.91. The maximum absolute atomic E-state index is 5.67. The molecule has 0 radical (unpaired) electrons. The third kappa shape index (κ3) is 3.62. The van der Waals surface area contributed by atoms with Gasteiger partial charge in [-0.2, -0.15) is 0 Å². The highest BCUT2D eigenvalue weighted by molar-refractivity contribution is 7.96. The Balaban J connectivity index is 2.68. The first-order chi connectivity index (χ1) is 10.8. The standard InChI is InChI=1S/C16H28N6S/c1-7-8-12-19-13-14(10(2)11(3)18-15(13)20-17)22(12)9-16(4,5)21-23-6/h21H,7-9,17H2,1-6H3,(H,18,20). The number of hydrogen-bond donors (Lipinski definition) is 3. The van der Waals surface area contributed by atoms with Crippen molar-refractivity contribution in [2.75, 3.05) is 11.7 Å². The van der Waals surface area contributed by atoms with Crippen LogP contribution in [0, 0.1) is 13.8 Å². The van der Waals surface area contributed by atoms with Crippen molar-refractivity contribution in [3.05, 3.63) is 17.1 Å². The molecule has 4 N–H and O–H groups in total. The van der Waals surface area contributed by atoms with Crippen molar-refractivity contribution in [1.29, 1.82) is 0 Å². The molecule has 0 aliphatic carbocycles. The fourth-order valence-corrected chi connectivity index (χ4v) is 3.53. The topological polar surface area (TPSA) is 80.8 Å². The van der Waals surface area contributed by atoms with Gasteiger partial charge in [0.15, 0.2) is 5.82 Å². The van der Waals surface area contributed by atoms with Crippen LogP contribution >= 0.6 is 11.9 Å². The molecule has 0 aliphatic rings. The molecule has 0 unspecified atom stereocenters. The Hall–Kier alpha value is -1.31. The normalized spacial score (nSPS) is 12.1. The van der Waals surface area contributed by atoms with Gasteiger partial charge in [0.25, 0.3) is 0 Å². The van der Waals surface area contributed by atoms with Gasteiger partial charge in [-0.25, -0.2) is 15.8 Å². The van der Waals surface area contributed by atoms with E-state index in [1.807, 2.05) is 6.92 Å². The summed E-state index contributed by atoms with van der Waals surface area (Å²) in [6.45, 7) is 11.5. The number of imidazole rings is 1. The van der Waals surface area contributed by atoms with Gasteiger partial charge in [-0.1, -0.05) is 18.9 Å². The highest BCUT2D eigenvalue weighted by Gasteiger charge is 2.24. The zero-order chi connectivity index (χ0) is 17.2. The number of rotatable bonds is 7. The summed E-state index contributed by atoms with van der Waals surface area (Å²) in [6.07, 6.45) is 4.04. The molecule has 23 heavy (non-hydrogen) atoms. The van der Waals surface area contributed by atoms with Crippen LogP contribution in [0.1, 0.15) is 44.3 Å². The summed E-state index contributed by atoms with van der Waals surface area (Å²) in [5, 5.41) is 0. The Morgan fingerprint density at radius 3 is 2.52 bits per heavy atom. The molecule has 6 nitrogen and oxygen atoms in total. The van der Waals surface area contributed by atoms with Crippen LogP contribution in [0.4, 0.5) is 5.82 Å². The first-order valence-electron chi connectivity index (χ1n) is 7.97. The van der Waals surface area contributed by atoms with E-state index in [1.54, 1.807) is 11.9 Å². The second-order valence-electron chi connectivity index (χ2n) is 6.57. The van der Waals surface area contributed by atoms with Crippen molar-refractivity contribution in [3.63, 3.8) is 0 Å². The van der Waals surface area contributed by atoms with Crippen LogP contribution in [-0.4, -0.2) is 26.3 Å². The van der Waals surface area contributed by atoms with Gasteiger partial charge in [0, 0.05) is 24.2 Å². The lowest BCUT2D eigenvalue weighted by molar-refractivity contribution is 0.403. The molecule has 0 atom stereocenters. The van der Waals surface area contributed by atoms with E-state index in [0.717, 1.165) is 47.5 Å². The summed E-state index contributed by atoms with van der Waals surface area (Å²) < 4.78 is 5.80. The third-order valence-corrected chi connectivity index (χ3v) is 4.75. The molecule has 0 saturated carbocycles. The van der Waals surface area contributed by atoms with Crippen LogP contribution in [-0.2, 0) is 13.0 Å². The summed E-state index contributed by atoms with van der Waals surface area (Å²) >= 11 is 1.64. The number of anilines is 1. The summed E-state index contributed by atoms with van der Waals surface area (Å²) in [4.78, 5) is 9.38. The molecule has 0 fully saturated rings. The van der Waals surface area contributed by atoms with Gasteiger partial charge in [-0.15, -0.1) is 0 Å². The highest BCUT2D eigenvalue weighted by atomic mass is 32.2. The average Bonchev–Trinajstić information content (AvgIpc) is 2.81. The number of nitrogen functional groups attached to an aromatic ring is 1. The van der Waals surface area contributed by atoms with Crippen LogP contribution in [0.3, 0.4) is 0 Å². The zero-order valence-electron chi connectivity index (χ0n) is 14.9. The second kappa shape index (κ2) is 7.07. The Labute approximate surface area is 142 Å². The number of fused-ring (bicyclic) bond motifs is 1. The zero-order valence-corrected chi connectivity index (χ0v) is 15.8. The number of hydrogen-bond acceptors (Lipinski definition) is 6. The van der Waals surface area contributed by atoms with Crippen LogP contribution in [0.5, 0.6) is 0 Å². The first-order valence-corrected chi connectivity index (χ1v) is 9.20. The maximum Gasteiger partial charge on any atom is 0.168 e. The van der Waals surface area contributed by atoms with E-state index in [9.17, 15) is 0 Å². The molecule has 128 valence electrons. The minimum absolute atomic E-state index is 0.0462. The quantitative estimate of drug-likeness (QED) is 0.410. The largest absolute Gasteiger partial charge is 0.326 e. The van der Waals surface area contributed by atoms with Crippen molar-refractivity contribution in [2.24, 2.45) is 5.84 Å². The van der Waals surface area contributed by atoms with Crippen LogP contribution in [0.15, 0.2) is 0 Å². The second-order valence-corrected chi connectivity index (χ2v) is 7.18. The van der Waals surface area contributed by atoms with Crippen molar-refractivity contribution in [2.45, 2.75) is 59.5 Å². The molecule has 7 heteroatoms. The first kappa shape index (κ1) is 18.0. The molecule has 2 heterocycles. The Morgan fingerprint density at radius 2 is 1.96 bits per heavy atom. The number of nitrogens with one attached hydrogen (secondary N) is 2. The fraction of sp³-hybridized carbons (Fsp3) is 0.625. The Morgan fingerprint density at radius 1 is 1.26 bits per heavy atom. The highest BCUT2D eigenvalue weighted by Crippen LogP contribution is 2.29. The molecule has 2 rings (SSSR count). The van der Waals surface area contributed by atoms with Crippen LogP contribution in [0.2, 0.25) is 0 Å². The predicted octanol–water partition coefficient (Wildman–Crippen LogP) is 2.93. The van der Waals surface area contributed by atoms with Crippen LogP contribution < -0.4 is 16.0 Å². The van der Waals surface area contributed by atoms with E-state index >= 15 is 0 Å². The summed E-state index contributed by atoms with van der Waals surface area (Å²) in [7, 11) is 0. The van der Waals surface area contributed by atoms with Gasteiger partial charge in [0.05, 0.1) is 5.52 Å². The summed E-state index contributed by atoms with van der Waals surface area (Å²) in [5.74, 6) is 7.40. The van der Waals surface area contributed by atoms with Crippen molar-refractivity contribution >= 4 is 28.8 Å². The lowest BCUT2D eigenvalue weighted by Gasteiger charge is -2.27. The lowest BCUT2D eigenvalue weighted by atomic mass is 10.1. The van der Waals surface area contributed by atoms with E-state index in [2.05, 4.69) is 53.6 Å². The van der Waals surface area contributed by atoms with Crippen LogP contribution in [0.25, 0.3) is 11.0 Å². The maximum atomic E-state index is 5.67. The van der Waals surface area contributed by atoms with Crippen molar-refractivity contribution in [1.82, 2.24) is 19.3 Å². The molecule has 0 amide bonds. The molecule has 0 aromatic carbocycles.